The minimum atomic E-state index is -3.98. The van der Waals surface area contributed by atoms with Gasteiger partial charge in [0.15, 0.2) is 5.65 Å². The zero-order valence-corrected chi connectivity index (χ0v) is 23.7. The topological polar surface area (TPSA) is 111 Å². The zero-order valence-electron chi connectivity index (χ0n) is 22.1. The second-order valence-electron chi connectivity index (χ2n) is 10.1. The fourth-order valence-electron chi connectivity index (χ4n) is 5.09. The van der Waals surface area contributed by atoms with Gasteiger partial charge in [0.2, 0.25) is 0 Å². The molecule has 40 heavy (non-hydrogen) atoms. The van der Waals surface area contributed by atoms with E-state index < -0.39 is 26.2 Å². The molecule has 0 radical (unpaired) electrons. The van der Waals surface area contributed by atoms with Gasteiger partial charge in [0.05, 0.1) is 21.4 Å². The third kappa shape index (κ3) is 4.74. The van der Waals surface area contributed by atoms with Gasteiger partial charge in [-0.15, -0.1) is 0 Å². The first kappa shape index (κ1) is 26.4. The third-order valence-electron chi connectivity index (χ3n) is 7.19. The molecule has 1 atom stereocenters. The predicted octanol–water partition coefficient (Wildman–Crippen LogP) is 4.81. The molecule has 0 spiro atoms. The maximum Gasteiger partial charge on any atom is 0.297 e. The van der Waals surface area contributed by atoms with Crippen LogP contribution in [0.25, 0.3) is 21.9 Å². The molecular formula is C29H28N4O5S2. The maximum absolute atomic E-state index is 13.9. The van der Waals surface area contributed by atoms with Crippen molar-refractivity contribution in [2.75, 3.05) is 18.0 Å². The van der Waals surface area contributed by atoms with Crippen molar-refractivity contribution in [1.29, 1.82) is 0 Å². The number of aryl methyl sites for hydroxylation is 2. The first-order valence-corrected chi connectivity index (χ1v) is 15.8. The van der Waals surface area contributed by atoms with Gasteiger partial charge in [-0.2, -0.15) is 8.42 Å². The summed E-state index contributed by atoms with van der Waals surface area (Å²) in [6.07, 6.45) is 3.91. The van der Waals surface area contributed by atoms with Gasteiger partial charge in [-0.1, -0.05) is 35.4 Å². The number of hydrogen-bond donors (Lipinski definition) is 0. The number of pyridine rings is 2. The Morgan fingerprint density at radius 2 is 1.50 bits per heavy atom. The van der Waals surface area contributed by atoms with Crippen LogP contribution in [0.15, 0.2) is 88.9 Å². The predicted molar refractivity (Wildman–Crippen MR) is 153 cm³/mol. The normalized spacial score (nSPS) is 16.6. The molecule has 3 aromatic heterocycles. The van der Waals surface area contributed by atoms with Gasteiger partial charge in [0.1, 0.15) is 5.82 Å². The zero-order chi connectivity index (χ0) is 28.1. The number of hydrogen-bond acceptors (Lipinski definition) is 8. The van der Waals surface area contributed by atoms with Crippen molar-refractivity contribution < 1.29 is 21.0 Å². The van der Waals surface area contributed by atoms with Gasteiger partial charge >= 0.3 is 0 Å². The van der Waals surface area contributed by atoms with Crippen LogP contribution in [0.5, 0.6) is 0 Å². The summed E-state index contributed by atoms with van der Waals surface area (Å²) < 4.78 is 60.5. The molecule has 206 valence electrons. The van der Waals surface area contributed by atoms with Crippen LogP contribution >= 0.6 is 0 Å². The molecule has 5 aromatic rings. The molecule has 1 aliphatic rings. The van der Waals surface area contributed by atoms with Gasteiger partial charge in [-0.05, 0) is 69.2 Å². The summed E-state index contributed by atoms with van der Waals surface area (Å²) >= 11 is 0. The molecular weight excluding hydrogens is 548 g/mol. The molecule has 4 heterocycles. The van der Waals surface area contributed by atoms with E-state index in [-0.39, 0.29) is 15.4 Å². The molecule has 1 fully saturated rings. The van der Waals surface area contributed by atoms with Gasteiger partial charge in [-0.3, -0.25) is 9.17 Å². The molecule has 0 amide bonds. The highest BCUT2D eigenvalue weighted by molar-refractivity contribution is 7.90. The highest BCUT2D eigenvalue weighted by Gasteiger charge is 2.29. The minimum absolute atomic E-state index is 0.120. The van der Waals surface area contributed by atoms with Crippen LogP contribution < -0.4 is 4.90 Å². The van der Waals surface area contributed by atoms with Crippen LogP contribution in [0.1, 0.15) is 24.0 Å². The molecule has 0 saturated carbocycles. The number of fused-ring (bicyclic) bond motifs is 3. The lowest BCUT2D eigenvalue weighted by Gasteiger charge is -2.33. The highest BCUT2D eigenvalue weighted by atomic mass is 32.2. The molecule has 1 aliphatic heterocycles. The van der Waals surface area contributed by atoms with E-state index in [4.69, 9.17) is 9.17 Å². The van der Waals surface area contributed by atoms with E-state index in [0.717, 1.165) is 11.1 Å². The summed E-state index contributed by atoms with van der Waals surface area (Å²) in [6.45, 7) is 4.73. The Kier molecular flexibility index (Phi) is 6.60. The summed E-state index contributed by atoms with van der Waals surface area (Å²) in [4.78, 5) is 11.3. The number of rotatable bonds is 6. The van der Waals surface area contributed by atoms with E-state index in [1.165, 1.54) is 3.97 Å². The van der Waals surface area contributed by atoms with Crippen LogP contribution in [0.2, 0.25) is 0 Å². The molecule has 9 nitrogen and oxygen atoms in total. The molecule has 0 N–H and O–H groups in total. The summed E-state index contributed by atoms with van der Waals surface area (Å²) in [5, 5.41) is 1.34. The largest absolute Gasteiger partial charge is 0.354 e. The summed E-state index contributed by atoms with van der Waals surface area (Å²) in [5.41, 5.74) is 2.69. The smallest absolute Gasteiger partial charge is 0.297 e. The molecule has 0 unspecified atom stereocenters. The lowest BCUT2D eigenvalue weighted by Crippen LogP contribution is -2.41. The third-order valence-corrected chi connectivity index (χ3v) is 10.3. The summed E-state index contributed by atoms with van der Waals surface area (Å²) in [6, 6.07) is 18.6. The van der Waals surface area contributed by atoms with Crippen molar-refractivity contribution in [1.82, 2.24) is 13.9 Å². The fraction of sp³-hybridized carbons (Fsp3) is 0.241. The Morgan fingerprint density at radius 3 is 2.20 bits per heavy atom. The van der Waals surface area contributed by atoms with Crippen molar-refractivity contribution in [3.8, 4) is 0 Å². The SMILES string of the molecule is Cc1ccc(S(=O)(=O)O[C@H]2CCCN(c3ccc4c5cnccc5n(S(=O)(=O)c5ccc(C)cc5)c4n3)C2)cc1. The second kappa shape index (κ2) is 9.99. The number of nitrogens with zero attached hydrogens (tertiary/aromatic N) is 4. The van der Waals surface area contributed by atoms with Crippen molar-refractivity contribution in [2.24, 2.45) is 0 Å². The van der Waals surface area contributed by atoms with Gasteiger partial charge in [0.25, 0.3) is 20.1 Å². The Morgan fingerprint density at radius 1 is 0.825 bits per heavy atom. The summed E-state index contributed by atoms with van der Waals surface area (Å²) in [5.74, 6) is 0.546. The standard InChI is InChI=1S/C29H28N4O5S2/c1-20-5-9-23(10-6-20)39(34,35)33-27-15-16-30-18-26(27)25-13-14-28(31-29(25)33)32-17-3-4-22(19-32)38-40(36,37)24-11-7-21(2)8-12-24/h5-16,18,22H,3-4,17,19H2,1-2H3/t22-/m0/s1. The number of benzene rings is 2. The average molecular weight is 577 g/mol. The average Bonchev–Trinajstić information content (AvgIpc) is 3.28. The molecule has 1 saturated heterocycles. The first-order valence-electron chi connectivity index (χ1n) is 13.0. The van der Waals surface area contributed by atoms with Crippen LogP contribution in [0, 0.1) is 13.8 Å². The number of anilines is 1. The van der Waals surface area contributed by atoms with Crippen LogP contribution in [-0.4, -0.2) is 50.0 Å². The molecule has 11 heteroatoms. The van der Waals surface area contributed by atoms with Gasteiger partial charge in [-0.25, -0.2) is 17.4 Å². The van der Waals surface area contributed by atoms with E-state index in [9.17, 15) is 16.8 Å². The maximum atomic E-state index is 13.9. The van der Waals surface area contributed by atoms with E-state index in [1.54, 1.807) is 67.0 Å². The molecule has 0 bridgehead atoms. The summed E-state index contributed by atoms with van der Waals surface area (Å²) in [7, 11) is -7.91. The monoisotopic (exact) mass is 576 g/mol. The number of piperidine rings is 1. The van der Waals surface area contributed by atoms with Crippen molar-refractivity contribution >= 4 is 47.9 Å². The molecule has 2 aromatic carbocycles. The highest BCUT2D eigenvalue weighted by Crippen LogP contribution is 2.33. The molecule has 0 aliphatic carbocycles. The Labute approximate surface area is 233 Å². The van der Waals surface area contributed by atoms with Gasteiger partial charge in [0, 0.05) is 36.3 Å². The minimum Gasteiger partial charge on any atom is -0.354 e. The first-order chi connectivity index (χ1) is 19.1. The molecule has 6 rings (SSSR count). The number of aromatic nitrogens is 3. The van der Waals surface area contributed by atoms with Crippen molar-refractivity contribution in [2.45, 2.75) is 42.6 Å². The van der Waals surface area contributed by atoms with Gasteiger partial charge < -0.3 is 4.90 Å². The van der Waals surface area contributed by atoms with Crippen LogP contribution in [0.4, 0.5) is 5.82 Å². The van der Waals surface area contributed by atoms with Crippen LogP contribution in [-0.2, 0) is 24.3 Å². The van der Waals surface area contributed by atoms with E-state index in [1.807, 2.05) is 30.9 Å². The Hall–Kier alpha value is -3.80. The lowest BCUT2D eigenvalue weighted by atomic mass is 10.1. The Balaban J connectivity index is 1.37. The quantitative estimate of drug-likeness (QED) is 0.265. The lowest BCUT2D eigenvalue weighted by molar-refractivity contribution is 0.186. The van der Waals surface area contributed by atoms with Crippen molar-refractivity contribution in [3.63, 3.8) is 0 Å². The van der Waals surface area contributed by atoms with E-state index >= 15 is 0 Å². The fourth-order valence-corrected chi connectivity index (χ4v) is 7.66. The van der Waals surface area contributed by atoms with Crippen LogP contribution in [0.3, 0.4) is 0 Å². The van der Waals surface area contributed by atoms with E-state index in [2.05, 4.69) is 4.98 Å². The Bertz CT molecular complexity index is 1930. The van der Waals surface area contributed by atoms with Crippen molar-refractivity contribution in [3.05, 3.63) is 90.3 Å². The second-order valence-corrected chi connectivity index (χ2v) is 13.4. The van der Waals surface area contributed by atoms with E-state index in [0.29, 0.717) is 48.0 Å².